The molecule has 1 fully saturated rings. The molecule has 3 heterocycles. The minimum atomic E-state index is -0.260. The van der Waals surface area contributed by atoms with Crippen molar-refractivity contribution in [2.45, 2.75) is 18.9 Å². The first kappa shape index (κ1) is 13.3. The fourth-order valence-corrected chi connectivity index (χ4v) is 3.11. The topological polar surface area (TPSA) is 37.8 Å². The Morgan fingerprint density at radius 2 is 2.14 bits per heavy atom. The Bertz CT molecular complexity index is 811. The van der Waals surface area contributed by atoms with Crippen LogP contribution in [0, 0.1) is 5.82 Å². The average Bonchev–Trinajstić information content (AvgIpc) is 3.09. The summed E-state index contributed by atoms with van der Waals surface area (Å²) >= 11 is 0. The summed E-state index contributed by atoms with van der Waals surface area (Å²) in [7, 11) is 0. The molecule has 0 aliphatic carbocycles. The maximum absolute atomic E-state index is 13.5. The van der Waals surface area contributed by atoms with Crippen LogP contribution < -0.4 is 5.32 Å². The molecule has 0 saturated carbocycles. The number of pyridine rings is 2. The zero-order chi connectivity index (χ0) is 14.9. The first-order valence-corrected chi connectivity index (χ1v) is 7.55. The van der Waals surface area contributed by atoms with Gasteiger partial charge >= 0.3 is 0 Å². The van der Waals surface area contributed by atoms with E-state index in [1.165, 1.54) is 24.1 Å². The molecular weight excluding hydrogens is 277 g/mol. The Balaban J connectivity index is 1.95. The van der Waals surface area contributed by atoms with Gasteiger partial charge in [0.2, 0.25) is 0 Å². The van der Waals surface area contributed by atoms with Crippen LogP contribution in [0.2, 0.25) is 0 Å². The minimum absolute atomic E-state index is 0.260. The summed E-state index contributed by atoms with van der Waals surface area (Å²) in [5.41, 5.74) is 3.72. The number of nitrogens with zero attached hydrogens (tertiary/aromatic N) is 2. The zero-order valence-corrected chi connectivity index (χ0v) is 12.1. The molecule has 3 nitrogen and oxygen atoms in total. The van der Waals surface area contributed by atoms with Gasteiger partial charge in [0.05, 0.1) is 11.2 Å². The monoisotopic (exact) mass is 293 g/mol. The van der Waals surface area contributed by atoms with E-state index in [2.05, 4.69) is 16.4 Å². The fourth-order valence-electron chi connectivity index (χ4n) is 3.11. The highest BCUT2D eigenvalue weighted by molar-refractivity contribution is 5.83. The SMILES string of the molecule is Fc1ccc2cc(C3CCCN3)c(-c3cccnc3)nc2c1. The van der Waals surface area contributed by atoms with Gasteiger partial charge in [-0.15, -0.1) is 0 Å². The molecule has 1 aromatic carbocycles. The van der Waals surface area contributed by atoms with Crippen molar-refractivity contribution in [1.29, 1.82) is 0 Å². The maximum atomic E-state index is 13.5. The van der Waals surface area contributed by atoms with E-state index in [0.29, 0.717) is 11.6 Å². The molecule has 1 aliphatic heterocycles. The van der Waals surface area contributed by atoms with E-state index in [1.807, 2.05) is 18.3 Å². The lowest BCUT2D eigenvalue weighted by atomic mass is 9.97. The third-order valence-corrected chi connectivity index (χ3v) is 4.18. The quantitative estimate of drug-likeness (QED) is 0.779. The van der Waals surface area contributed by atoms with Crippen molar-refractivity contribution in [2.75, 3.05) is 6.54 Å². The van der Waals surface area contributed by atoms with Gasteiger partial charge in [-0.3, -0.25) is 4.98 Å². The summed E-state index contributed by atoms with van der Waals surface area (Å²) in [5, 5.41) is 4.49. The van der Waals surface area contributed by atoms with Gasteiger partial charge in [-0.05, 0) is 55.3 Å². The van der Waals surface area contributed by atoms with E-state index in [4.69, 9.17) is 4.98 Å². The van der Waals surface area contributed by atoms with Crippen molar-refractivity contribution in [1.82, 2.24) is 15.3 Å². The Hall–Kier alpha value is -2.33. The minimum Gasteiger partial charge on any atom is -0.310 e. The van der Waals surface area contributed by atoms with Gasteiger partial charge in [-0.25, -0.2) is 9.37 Å². The van der Waals surface area contributed by atoms with Crippen LogP contribution >= 0.6 is 0 Å². The number of benzene rings is 1. The van der Waals surface area contributed by atoms with Gasteiger partial charge in [0.15, 0.2) is 0 Å². The van der Waals surface area contributed by atoms with E-state index in [0.717, 1.165) is 29.6 Å². The first-order chi connectivity index (χ1) is 10.8. The highest BCUT2D eigenvalue weighted by Gasteiger charge is 2.21. The van der Waals surface area contributed by atoms with Crippen molar-refractivity contribution in [3.63, 3.8) is 0 Å². The Morgan fingerprint density at radius 3 is 2.91 bits per heavy atom. The number of hydrogen-bond donors (Lipinski definition) is 1. The molecule has 110 valence electrons. The molecule has 0 amide bonds. The second-order valence-corrected chi connectivity index (χ2v) is 5.65. The lowest BCUT2D eigenvalue weighted by Crippen LogP contribution is -2.14. The number of aromatic nitrogens is 2. The Morgan fingerprint density at radius 1 is 1.18 bits per heavy atom. The molecule has 1 saturated heterocycles. The fraction of sp³-hybridized carbons (Fsp3) is 0.222. The highest BCUT2D eigenvalue weighted by Crippen LogP contribution is 2.33. The van der Waals surface area contributed by atoms with Crippen LogP contribution in [-0.4, -0.2) is 16.5 Å². The molecular formula is C18H16FN3. The van der Waals surface area contributed by atoms with Gasteiger partial charge < -0.3 is 5.32 Å². The van der Waals surface area contributed by atoms with Crippen LogP contribution in [-0.2, 0) is 0 Å². The summed E-state index contributed by atoms with van der Waals surface area (Å²) in [6.45, 7) is 1.03. The predicted molar refractivity (Wildman–Crippen MR) is 84.9 cm³/mol. The van der Waals surface area contributed by atoms with Crippen LogP contribution in [0.15, 0.2) is 48.8 Å². The number of halogens is 1. The molecule has 4 rings (SSSR count). The normalized spacial score (nSPS) is 18.0. The molecule has 1 aliphatic rings. The van der Waals surface area contributed by atoms with Gasteiger partial charge in [-0.2, -0.15) is 0 Å². The predicted octanol–water partition coefficient (Wildman–Crippen LogP) is 3.86. The van der Waals surface area contributed by atoms with Gasteiger partial charge in [0.25, 0.3) is 0 Å². The van der Waals surface area contributed by atoms with Crippen LogP contribution in [0.5, 0.6) is 0 Å². The van der Waals surface area contributed by atoms with Gasteiger partial charge in [-0.1, -0.05) is 0 Å². The van der Waals surface area contributed by atoms with Crippen molar-refractivity contribution >= 4 is 10.9 Å². The lowest BCUT2D eigenvalue weighted by molar-refractivity contribution is 0.629. The van der Waals surface area contributed by atoms with Crippen LogP contribution in [0.25, 0.3) is 22.2 Å². The standard InChI is InChI=1S/C18H16FN3/c19-14-6-5-12-9-15(16-4-2-8-21-16)18(22-17(12)10-14)13-3-1-7-20-11-13/h1,3,5-7,9-11,16,21H,2,4,8H2. The van der Waals surface area contributed by atoms with E-state index in [9.17, 15) is 4.39 Å². The van der Waals surface area contributed by atoms with E-state index >= 15 is 0 Å². The summed E-state index contributed by atoms with van der Waals surface area (Å²) in [5.74, 6) is -0.260. The summed E-state index contributed by atoms with van der Waals surface area (Å²) in [6.07, 6.45) is 5.82. The number of hydrogen-bond acceptors (Lipinski definition) is 3. The molecule has 0 radical (unpaired) electrons. The highest BCUT2D eigenvalue weighted by atomic mass is 19.1. The van der Waals surface area contributed by atoms with Gasteiger partial charge in [0, 0.05) is 35.5 Å². The first-order valence-electron chi connectivity index (χ1n) is 7.55. The molecule has 3 aromatic rings. The smallest absolute Gasteiger partial charge is 0.125 e. The second-order valence-electron chi connectivity index (χ2n) is 5.65. The third kappa shape index (κ3) is 2.35. The summed E-state index contributed by atoms with van der Waals surface area (Å²) in [6, 6.07) is 11.1. The number of fused-ring (bicyclic) bond motifs is 1. The Kier molecular flexibility index (Phi) is 3.31. The van der Waals surface area contributed by atoms with Gasteiger partial charge in [0.1, 0.15) is 5.82 Å². The van der Waals surface area contributed by atoms with Crippen LogP contribution in [0.3, 0.4) is 0 Å². The number of rotatable bonds is 2. The van der Waals surface area contributed by atoms with E-state index in [1.54, 1.807) is 12.3 Å². The van der Waals surface area contributed by atoms with Crippen molar-refractivity contribution < 1.29 is 4.39 Å². The van der Waals surface area contributed by atoms with Crippen molar-refractivity contribution in [3.8, 4) is 11.3 Å². The average molecular weight is 293 g/mol. The maximum Gasteiger partial charge on any atom is 0.125 e. The molecule has 1 unspecified atom stereocenters. The molecule has 22 heavy (non-hydrogen) atoms. The van der Waals surface area contributed by atoms with Crippen LogP contribution in [0.4, 0.5) is 4.39 Å². The lowest BCUT2D eigenvalue weighted by Gasteiger charge is -2.16. The molecule has 2 aromatic heterocycles. The molecule has 1 N–H and O–H groups in total. The van der Waals surface area contributed by atoms with Crippen molar-refractivity contribution in [2.24, 2.45) is 0 Å². The molecule has 1 atom stereocenters. The zero-order valence-electron chi connectivity index (χ0n) is 12.1. The summed E-state index contributed by atoms with van der Waals surface area (Å²) < 4.78 is 13.5. The van der Waals surface area contributed by atoms with Crippen LogP contribution in [0.1, 0.15) is 24.4 Å². The third-order valence-electron chi connectivity index (χ3n) is 4.18. The number of nitrogens with one attached hydrogen (secondary N) is 1. The molecule has 0 bridgehead atoms. The Labute approximate surface area is 128 Å². The van der Waals surface area contributed by atoms with Crippen molar-refractivity contribution in [3.05, 3.63) is 60.2 Å². The second kappa shape index (κ2) is 5.46. The molecule has 0 spiro atoms. The summed E-state index contributed by atoms with van der Waals surface area (Å²) in [4.78, 5) is 8.92. The van der Waals surface area contributed by atoms with E-state index in [-0.39, 0.29) is 5.82 Å². The largest absolute Gasteiger partial charge is 0.310 e. The molecule has 4 heteroatoms. The van der Waals surface area contributed by atoms with E-state index < -0.39 is 0 Å².